The van der Waals surface area contributed by atoms with Gasteiger partial charge >= 0.3 is 0 Å². The molecule has 2 aromatic carbocycles. The van der Waals surface area contributed by atoms with Gasteiger partial charge in [0.1, 0.15) is 4.90 Å². The molecule has 0 aliphatic rings. The van der Waals surface area contributed by atoms with Crippen LogP contribution in [0.15, 0.2) is 35.2 Å². The Balaban J connectivity index is 2.73. The average Bonchev–Trinajstić information content (AvgIpc) is 2.32. The lowest BCUT2D eigenvalue weighted by Crippen LogP contribution is -2.30. The number of benzene rings is 2. The Hall–Kier alpha value is -0.810. The van der Waals surface area contributed by atoms with E-state index in [1.165, 1.54) is 6.07 Å². The Labute approximate surface area is 122 Å². The smallest absolute Gasteiger partial charge is 0.209 e. The Kier molecular flexibility index (Phi) is 4.06. The summed E-state index contributed by atoms with van der Waals surface area (Å²) < 4.78 is 26.9. The van der Waals surface area contributed by atoms with Gasteiger partial charge in [-0.3, -0.25) is 0 Å². The number of hydrogen-bond donors (Lipinski definition) is 1. The second-order valence-electron chi connectivity index (χ2n) is 4.49. The van der Waals surface area contributed by atoms with E-state index in [2.05, 4.69) is 4.72 Å². The zero-order valence-electron chi connectivity index (χ0n) is 10.4. The molecular formula is C13H13Cl2NO2S. The van der Waals surface area contributed by atoms with Crippen molar-refractivity contribution in [1.82, 2.24) is 4.72 Å². The van der Waals surface area contributed by atoms with Gasteiger partial charge in [0.15, 0.2) is 0 Å². The first-order valence-electron chi connectivity index (χ1n) is 5.72. The molecule has 2 aromatic rings. The summed E-state index contributed by atoms with van der Waals surface area (Å²) in [6.45, 7) is 3.49. The van der Waals surface area contributed by atoms with E-state index >= 15 is 0 Å². The zero-order chi connectivity index (χ0) is 14.2. The van der Waals surface area contributed by atoms with E-state index < -0.39 is 10.0 Å². The maximum absolute atomic E-state index is 12.2. The molecule has 6 heteroatoms. The van der Waals surface area contributed by atoms with Crippen molar-refractivity contribution in [2.75, 3.05) is 0 Å². The van der Waals surface area contributed by atoms with Gasteiger partial charge < -0.3 is 0 Å². The highest BCUT2D eigenvalue weighted by molar-refractivity contribution is 7.89. The van der Waals surface area contributed by atoms with E-state index in [1.54, 1.807) is 32.0 Å². The van der Waals surface area contributed by atoms with Crippen molar-refractivity contribution in [1.29, 1.82) is 0 Å². The Morgan fingerprint density at radius 2 is 1.68 bits per heavy atom. The van der Waals surface area contributed by atoms with Crippen LogP contribution in [0.25, 0.3) is 10.8 Å². The standard InChI is InChI=1S/C13H13Cl2NO2S/c1-8(2)16-19(17,18)12-7-11(14)9-5-3-4-6-10(9)13(12)15/h3-8,16H,1-2H3. The number of rotatable bonds is 3. The Morgan fingerprint density at radius 3 is 2.26 bits per heavy atom. The van der Waals surface area contributed by atoms with Gasteiger partial charge in [0.2, 0.25) is 10.0 Å². The first-order valence-corrected chi connectivity index (χ1v) is 7.96. The van der Waals surface area contributed by atoms with Crippen LogP contribution in [0.4, 0.5) is 0 Å². The summed E-state index contributed by atoms with van der Waals surface area (Å²) in [5, 5.41) is 1.91. The topological polar surface area (TPSA) is 46.2 Å². The van der Waals surface area contributed by atoms with Crippen LogP contribution in [0.3, 0.4) is 0 Å². The predicted molar refractivity (Wildman–Crippen MR) is 79.4 cm³/mol. The Bertz CT molecular complexity index is 727. The van der Waals surface area contributed by atoms with E-state index in [0.29, 0.717) is 10.4 Å². The molecule has 0 aliphatic carbocycles. The monoisotopic (exact) mass is 317 g/mol. The molecule has 2 rings (SSSR count). The predicted octanol–water partition coefficient (Wildman–Crippen LogP) is 3.83. The average molecular weight is 318 g/mol. The van der Waals surface area contributed by atoms with Crippen molar-refractivity contribution in [3.8, 4) is 0 Å². The lowest BCUT2D eigenvalue weighted by atomic mass is 10.1. The molecule has 0 spiro atoms. The van der Waals surface area contributed by atoms with Crippen molar-refractivity contribution in [2.24, 2.45) is 0 Å². The molecule has 3 nitrogen and oxygen atoms in total. The Morgan fingerprint density at radius 1 is 1.11 bits per heavy atom. The second kappa shape index (κ2) is 5.29. The molecule has 0 heterocycles. The van der Waals surface area contributed by atoms with E-state index in [0.717, 1.165) is 5.39 Å². The molecule has 0 saturated carbocycles. The minimum atomic E-state index is -3.67. The van der Waals surface area contributed by atoms with Crippen LogP contribution in [-0.4, -0.2) is 14.5 Å². The number of fused-ring (bicyclic) bond motifs is 1. The molecule has 19 heavy (non-hydrogen) atoms. The molecule has 0 bridgehead atoms. The first-order chi connectivity index (χ1) is 8.83. The summed E-state index contributed by atoms with van der Waals surface area (Å²) in [6, 6.07) is 8.33. The summed E-state index contributed by atoms with van der Waals surface area (Å²) in [6.07, 6.45) is 0. The molecule has 102 valence electrons. The third-order valence-corrected chi connectivity index (χ3v) is 5.09. The van der Waals surface area contributed by atoms with Crippen molar-refractivity contribution < 1.29 is 8.42 Å². The maximum atomic E-state index is 12.2. The molecule has 0 amide bonds. The van der Waals surface area contributed by atoms with Crippen LogP contribution in [0.1, 0.15) is 13.8 Å². The van der Waals surface area contributed by atoms with Crippen LogP contribution in [-0.2, 0) is 10.0 Å². The minimum absolute atomic E-state index is 0.00608. The number of hydrogen-bond acceptors (Lipinski definition) is 2. The van der Waals surface area contributed by atoms with Crippen molar-refractivity contribution in [2.45, 2.75) is 24.8 Å². The van der Waals surface area contributed by atoms with Gasteiger partial charge in [-0.05, 0) is 19.9 Å². The highest BCUT2D eigenvalue weighted by Gasteiger charge is 2.21. The van der Waals surface area contributed by atoms with Crippen LogP contribution in [0, 0.1) is 0 Å². The molecule has 1 N–H and O–H groups in total. The third kappa shape index (κ3) is 2.87. The molecule has 0 saturated heterocycles. The van der Waals surface area contributed by atoms with Crippen molar-refractivity contribution in [3.05, 3.63) is 40.4 Å². The maximum Gasteiger partial charge on any atom is 0.242 e. The van der Waals surface area contributed by atoms with E-state index in [9.17, 15) is 8.42 Å². The zero-order valence-corrected chi connectivity index (χ0v) is 12.8. The fourth-order valence-corrected chi connectivity index (χ4v) is 4.07. The van der Waals surface area contributed by atoms with Crippen LogP contribution in [0.5, 0.6) is 0 Å². The molecule has 0 aliphatic heterocycles. The number of sulfonamides is 1. The van der Waals surface area contributed by atoms with Crippen molar-refractivity contribution >= 4 is 44.0 Å². The second-order valence-corrected chi connectivity index (χ2v) is 6.96. The van der Waals surface area contributed by atoms with Gasteiger partial charge in [-0.1, -0.05) is 47.5 Å². The van der Waals surface area contributed by atoms with E-state index in [1.807, 2.05) is 6.07 Å². The van der Waals surface area contributed by atoms with Crippen LogP contribution >= 0.6 is 23.2 Å². The first kappa shape index (κ1) is 14.6. The highest BCUT2D eigenvalue weighted by Crippen LogP contribution is 2.35. The lowest BCUT2D eigenvalue weighted by Gasteiger charge is -2.13. The summed E-state index contributed by atoms with van der Waals surface area (Å²) in [4.78, 5) is 0.00608. The summed E-state index contributed by atoms with van der Waals surface area (Å²) in [5.41, 5.74) is 0. The summed E-state index contributed by atoms with van der Waals surface area (Å²) >= 11 is 12.3. The molecule has 0 atom stereocenters. The fraction of sp³-hybridized carbons (Fsp3) is 0.231. The largest absolute Gasteiger partial charge is 0.242 e. The van der Waals surface area contributed by atoms with Gasteiger partial charge in [0.25, 0.3) is 0 Å². The van der Waals surface area contributed by atoms with E-state index in [4.69, 9.17) is 23.2 Å². The lowest BCUT2D eigenvalue weighted by molar-refractivity contribution is 0.570. The quantitative estimate of drug-likeness (QED) is 0.935. The SMILES string of the molecule is CC(C)NS(=O)(=O)c1cc(Cl)c2ccccc2c1Cl. The molecular weight excluding hydrogens is 305 g/mol. The summed E-state index contributed by atoms with van der Waals surface area (Å²) in [7, 11) is -3.67. The molecule has 0 aromatic heterocycles. The number of halogens is 2. The highest BCUT2D eigenvalue weighted by atomic mass is 35.5. The van der Waals surface area contributed by atoms with Gasteiger partial charge in [0.05, 0.1) is 5.02 Å². The fourth-order valence-electron chi connectivity index (χ4n) is 1.84. The minimum Gasteiger partial charge on any atom is -0.209 e. The van der Waals surface area contributed by atoms with Gasteiger partial charge in [0, 0.05) is 21.8 Å². The normalized spacial score (nSPS) is 12.3. The van der Waals surface area contributed by atoms with Gasteiger partial charge in [-0.25, -0.2) is 13.1 Å². The van der Waals surface area contributed by atoms with Crippen LogP contribution in [0.2, 0.25) is 10.0 Å². The summed E-state index contributed by atoms with van der Waals surface area (Å²) in [5.74, 6) is 0. The molecule has 0 radical (unpaired) electrons. The van der Waals surface area contributed by atoms with E-state index in [-0.39, 0.29) is 16.0 Å². The van der Waals surface area contributed by atoms with Crippen molar-refractivity contribution in [3.63, 3.8) is 0 Å². The van der Waals surface area contributed by atoms with Gasteiger partial charge in [-0.2, -0.15) is 0 Å². The van der Waals surface area contributed by atoms with Crippen LogP contribution < -0.4 is 4.72 Å². The van der Waals surface area contributed by atoms with Gasteiger partial charge in [-0.15, -0.1) is 0 Å². The number of nitrogens with one attached hydrogen (secondary N) is 1. The third-order valence-electron chi connectivity index (χ3n) is 2.58. The molecule has 0 fully saturated rings. The molecule has 0 unspecified atom stereocenters.